The number of hydrogen-bond donors (Lipinski definition) is 1. The van der Waals surface area contributed by atoms with Gasteiger partial charge in [0.15, 0.2) is 5.78 Å². The fourth-order valence-corrected chi connectivity index (χ4v) is 2.33. The zero-order valence-electron chi connectivity index (χ0n) is 11.0. The normalized spacial score (nSPS) is 21.1. The van der Waals surface area contributed by atoms with Crippen LogP contribution in [0.5, 0.6) is 0 Å². The van der Waals surface area contributed by atoms with Gasteiger partial charge in [0.05, 0.1) is 18.0 Å². The minimum atomic E-state index is -0.260. The van der Waals surface area contributed by atoms with Gasteiger partial charge in [0.25, 0.3) is 0 Å². The van der Waals surface area contributed by atoms with Crippen molar-refractivity contribution in [2.24, 2.45) is 5.92 Å². The summed E-state index contributed by atoms with van der Waals surface area (Å²) in [6.07, 6.45) is 2.99. The van der Waals surface area contributed by atoms with Crippen molar-refractivity contribution in [3.63, 3.8) is 0 Å². The molecule has 4 nitrogen and oxygen atoms in total. The summed E-state index contributed by atoms with van der Waals surface area (Å²) in [5.74, 6) is 0.409. The number of ketones is 1. The number of aliphatic hydroxyl groups is 1. The van der Waals surface area contributed by atoms with Crippen molar-refractivity contribution in [1.82, 2.24) is 4.98 Å². The molecule has 0 saturated carbocycles. The largest absolute Gasteiger partial charge is 0.393 e. The average Bonchev–Trinajstić information content (AvgIpc) is 2.88. The second-order valence-electron chi connectivity index (χ2n) is 4.91. The van der Waals surface area contributed by atoms with E-state index in [4.69, 9.17) is 0 Å². The number of pyridine rings is 1. The van der Waals surface area contributed by atoms with E-state index in [1.54, 1.807) is 12.3 Å². The van der Waals surface area contributed by atoms with E-state index in [1.165, 1.54) is 0 Å². The Kier molecular flexibility index (Phi) is 3.97. The number of carbonyl (C=O) groups is 1. The quantitative estimate of drug-likeness (QED) is 0.827. The van der Waals surface area contributed by atoms with Crippen LogP contribution in [0.2, 0.25) is 0 Å². The standard InChI is InChI=1S/C14H20N2O2/c1-3-14(18)13-5-4-12(8-15-13)16-7-6-11(9-16)10(2)17/h4-5,8,10-11,17H,3,6-7,9H2,1-2H3. The van der Waals surface area contributed by atoms with Gasteiger partial charge in [-0.15, -0.1) is 0 Å². The maximum Gasteiger partial charge on any atom is 0.180 e. The Labute approximate surface area is 108 Å². The molecule has 1 aromatic rings. The second-order valence-corrected chi connectivity index (χ2v) is 4.91. The maximum atomic E-state index is 11.5. The SMILES string of the molecule is CCC(=O)c1ccc(N2CCC(C(C)O)C2)cn1. The first kappa shape index (κ1) is 13.0. The van der Waals surface area contributed by atoms with Crippen LogP contribution in [0.3, 0.4) is 0 Å². The van der Waals surface area contributed by atoms with Crippen LogP contribution in [-0.2, 0) is 0 Å². The zero-order chi connectivity index (χ0) is 13.1. The van der Waals surface area contributed by atoms with Crippen molar-refractivity contribution < 1.29 is 9.90 Å². The minimum absolute atomic E-state index is 0.0739. The lowest BCUT2D eigenvalue weighted by molar-refractivity contribution is 0.0983. The van der Waals surface area contributed by atoms with Crippen molar-refractivity contribution in [2.75, 3.05) is 18.0 Å². The molecular formula is C14H20N2O2. The molecule has 1 aromatic heterocycles. The number of anilines is 1. The summed E-state index contributed by atoms with van der Waals surface area (Å²) in [5.41, 5.74) is 1.57. The lowest BCUT2D eigenvalue weighted by atomic mass is 10.0. The molecule has 1 N–H and O–H groups in total. The fraction of sp³-hybridized carbons (Fsp3) is 0.571. The molecule has 18 heavy (non-hydrogen) atoms. The van der Waals surface area contributed by atoms with E-state index in [2.05, 4.69) is 9.88 Å². The molecule has 4 heteroatoms. The van der Waals surface area contributed by atoms with Crippen LogP contribution in [0.15, 0.2) is 18.3 Å². The number of aromatic nitrogens is 1. The van der Waals surface area contributed by atoms with E-state index < -0.39 is 0 Å². The lowest BCUT2D eigenvalue weighted by Crippen LogP contribution is -2.24. The first-order valence-electron chi connectivity index (χ1n) is 6.54. The van der Waals surface area contributed by atoms with Gasteiger partial charge in [0.2, 0.25) is 0 Å². The van der Waals surface area contributed by atoms with Gasteiger partial charge in [-0.1, -0.05) is 6.92 Å². The van der Waals surface area contributed by atoms with Crippen LogP contribution in [0, 0.1) is 5.92 Å². The molecule has 0 spiro atoms. The van der Waals surface area contributed by atoms with E-state index in [-0.39, 0.29) is 11.9 Å². The van der Waals surface area contributed by atoms with Gasteiger partial charge < -0.3 is 10.0 Å². The molecule has 0 aliphatic carbocycles. The summed E-state index contributed by atoms with van der Waals surface area (Å²) in [6.45, 7) is 5.49. The molecule has 0 radical (unpaired) electrons. The van der Waals surface area contributed by atoms with Crippen LogP contribution in [0.1, 0.15) is 37.2 Å². The van der Waals surface area contributed by atoms with Gasteiger partial charge >= 0.3 is 0 Å². The van der Waals surface area contributed by atoms with Crippen molar-refractivity contribution in [3.05, 3.63) is 24.0 Å². The Hall–Kier alpha value is -1.42. The van der Waals surface area contributed by atoms with E-state index in [0.717, 1.165) is 25.2 Å². The molecule has 2 unspecified atom stereocenters. The highest BCUT2D eigenvalue weighted by atomic mass is 16.3. The molecule has 98 valence electrons. The molecule has 2 heterocycles. The van der Waals surface area contributed by atoms with E-state index in [0.29, 0.717) is 18.0 Å². The monoisotopic (exact) mass is 248 g/mol. The molecule has 0 bridgehead atoms. The van der Waals surface area contributed by atoms with E-state index >= 15 is 0 Å². The Balaban J connectivity index is 2.05. The molecular weight excluding hydrogens is 228 g/mol. The first-order valence-corrected chi connectivity index (χ1v) is 6.54. The average molecular weight is 248 g/mol. The Morgan fingerprint density at radius 1 is 1.61 bits per heavy atom. The van der Waals surface area contributed by atoms with Gasteiger partial charge in [0.1, 0.15) is 5.69 Å². The smallest absolute Gasteiger partial charge is 0.180 e. The highest BCUT2D eigenvalue weighted by Gasteiger charge is 2.26. The number of Topliss-reactive ketones (excluding diaryl/α,β-unsaturated/α-hetero) is 1. The first-order chi connectivity index (χ1) is 8.61. The summed E-state index contributed by atoms with van der Waals surface area (Å²) in [5, 5.41) is 9.58. The third-order valence-electron chi connectivity index (χ3n) is 3.63. The molecule has 1 aliphatic rings. The number of hydrogen-bond acceptors (Lipinski definition) is 4. The van der Waals surface area contributed by atoms with Crippen LogP contribution in [0.25, 0.3) is 0 Å². The topological polar surface area (TPSA) is 53.4 Å². The minimum Gasteiger partial charge on any atom is -0.393 e. The summed E-state index contributed by atoms with van der Waals surface area (Å²) in [4.78, 5) is 17.9. The van der Waals surface area contributed by atoms with Crippen LogP contribution in [-0.4, -0.2) is 35.1 Å². The third-order valence-corrected chi connectivity index (χ3v) is 3.63. The number of rotatable bonds is 4. The molecule has 2 rings (SSSR count). The second kappa shape index (κ2) is 5.48. The maximum absolute atomic E-state index is 11.5. The van der Waals surface area contributed by atoms with Crippen molar-refractivity contribution in [1.29, 1.82) is 0 Å². The summed E-state index contributed by atoms with van der Waals surface area (Å²) in [7, 11) is 0. The summed E-state index contributed by atoms with van der Waals surface area (Å²) >= 11 is 0. The Bertz CT molecular complexity index is 414. The van der Waals surface area contributed by atoms with Crippen LogP contribution >= 0.6 is 0 Å². The van der Waals surface area contributed by atoms with Crippen molar-refractivity contribution >= 4 is 11.5 Å². The molecule has 1 saturated heterocycles. The van der Waals surface area contributed by atoms with Crippen LogP contribution in [0.4, 0.5) is 5.69 Å². The molecule has 2 atom stereocenters. The van der Waals surface area contributed by atoms with Gasteiger partial charge in [-0.2, -0.15) is 0 Å². The van der Waals surface area contributed by atoms with Crippen molar-refractivity contribution in [2.45, 2.75) is 32.8 Å². The summed E-state index contributed by atoms with van der Waals surface area (Å²) in [6, 6.07) is 3.73. The molecule has 0 amide bonds. The summed E-state index contributed by atoms with van der Waals surface area (Å²) < 4.78 is 0. The van der Waals surface area contributed by atoms with Crippen LogP contribution < -0.4 is 4.90 Å². The third kappa shape index (κ3) is 2.70. The van der Waals surface area contributed by atoms with Gasteiger partial charge in [-0.25, -0.2) is 0 Å². The van der Waals surface area contributed by atoms with Crippen molar-refractivity contribution in [3.8, 4) is 0 Å². The Morgan fingerprint density at radius 2 is 2.39 bits per heavy atom. The van der Waals surface area contributed by atoms with Gasteiger partial charge in [0, 0.05) is 25.4 Å². The number of aliphatic hydroxyl groups excluding tert-OH is 1. The van der Waals surface area contributed by atoms with Gasteiger partial charge in [-0.3, -0.25) is 9.78 Å². The van der Waals surface area contributed by atoms with Gasteiger partial charge in [-0.05, 0) is 25.5 Å². The van der Waals surface area contributed by atoms with E-state index in [1.807, 2.05) is 19.9 Å². The number of nitrogens with zero attached hydrogens (tertiary/aromatic N) is 2. The molecule has 1 fully saturated rings. The highest BCUT2D eigenvalue weighted by Crippen LogP contribution is 2.25. The molecule has 1 aliphatic heterocycles. The predicted octanol–water partition coefficient (Wildman–Crippen LogP) is 1.88. The highest BCUT2D eigenvalue weighted by molar-refractivity contribution is 5.94. The van der Waals surface area contributed by atoms with E-state index in [9.17, 15) is 9.90 Å². The number of carbonyl (C=O) groups excluding carboxylic acids is 1. The predicted molar refractivity (Wildman–Crippen MR) is 70.9 cm³/mol. The lowest BCUT2D eigenvalue weighted by Gasteiger charge is -2.19. The Morgan fingerprint density at radius 3 is 2.89 bits per heavy atom. The molecule has 0 aromatic carbocycles. The fourth-order valence-electron chi connectivity index (χ4n) is 2.33. The zero-order valence-corrected chi connectivity index (χ0v) is 11.0.